The van der Waals surface area contributed by atoms with Crippen molar-refractivity contribution in [2.75, 3.05) is 13.6 Å². The Morgan fingerprint density at radius 2 is 2.24 bits per heavy atom. The highest BCUT2D eigenvalue weighted by atomic mass is 16.4. The Hall–Kier alpha value is -1.26. The molecule has 0 bridgehead atoms. The number of hydrogen-bond acceptors (Lipinski definition) is 3. The van der Waals surface area contributed by atoms with Crippen LogP contribution in [0.1, 0.15) is 39.0 Å². The summed E-state index contributed by atoms with van der Waals surface area (Å²) in [5.41, 5.74) is 5.57. The van der Waals surface area contributed by atoms with Crippen LogP contribution in [0.25, 0.3) is 0 Å². The molecule has 1 fully saturated rings. The van der Waals surface area contributed by atoms with E-state index >= 15 is 0 Å². The highest BCUT2D eigenvalue weighted by molar-refractivity contribution is 6.01. The van der Waals surface area contributed by atoms with Crippen molar-refractivity contribution in [1.29, 1.82) is 0 Å². The number of nitrogens with zero attached hydrogens (tertiary/aromatic N) is 2. The third-order valence-corrected chi connectivity index (χ3v) is 3.48. The fraction of sp³-hybridized carbons (Fsp3) is 0.833. The van der Waals surface area contributed by atoms with E-state index in [2.05, 4.69) is 5.16 Å². The van der Waals surface area contributed by atoms with E-state index < -0.39 is 5.92 Å². The lowest BCUT2D eigenvalue weighted by atomic mass is 9.85. The van der Waals surface area contributed by atoms with E-state index in [4.69, 9.17) is 10.9 Å². The molecule has 1 aliphatic rings. The number of amidine groups is 1. The number of hydrogen-bond donors (Lipinski definition) is 2. The van der Waals surface area contributed by atoms with E-state index in [1.165, 1.54) is 19.3 Å². The Balaban J connectivity index is 2.55. The first-order valence-electron chi connectivity index (χ1n) is 6.32. The second-order valence-corrected chi connectivity index (χ2v) is 4.88. The van der Waals surface area contributed by atoms with Crippen LogP contribution < -0.4 is 5.73 Å². The van der Waals surface area contributed by atoms with Gasteiger partial charge in [-0.2, -0.15) is 0 Å². The second kappa shape index (κ2) is 6.47. The van der Waals surface area contributed by atoms with Crippen molar-refractivity contribution in [2.45, 2.75) is 39.0 Å². The molecule has 1 unspecified atom stereocenters. The summed E-state index contributed by atoms with van der Waals surface area (Å²) in [4.78, 5) is 13.9. The van der Waals surface area contributed by atoms with Gasteiger partial charge in [0.2, 0.25) is 5.91 Å². The Labute approximate surface area is 103 Å². The molecule has 0 aromatic heterocycles. The van der Waals surface area contributed by atoms with E-state index in [0.717, 1.165) is 13.0 Å². The minimum absolute atomic E-state index is 0.0253. The van der Waals surface area contributed by atoms with Gasteiger partial charge in [-0.1, -0.05) is 24.9 Å². The highest BCUT2D eigenvalue weighted by Crippen LogP contribution is 2.27. The molecule has 1 amide bonds. The molecule has 1 atom stereocenters. The van der Waals surface area contributed by atoms with Crippen LogP contribution in [0.3, 0.4) is 0 Å². The van der Waals surface area contributed by atoms with Crippen molar-refractivity contribution in [2.24, 2.45) is 22.7 Å². The summed E-state index contributed by atoms with van der Waals surface area (Å²) < 4.78 is 0. The minimum Gasteiger partial charge on any atom is -0.409 e. The van der Waals surface area contributed by atoms with Crippen LogP contribution in [0.15, 0.2) is 5.16 Å². The summed E-state index contributed by atoms with van der Waals surface area (Å²) in [7, 11) is 1.80. The Kier molecular flexibility index (Phi) is 5.25. The summed E-state index contributed by atoms with van der Waals surface area (Å²) in [6.07, 6.45) is 5.15. The molecule has 5 heteroatoms. The molecule has 0 saturated heterocycles. The van der Waals surface area contributed by atoms with Crippen LogP contribution >= 0.6 is 0 Å². The number of carbonyl (C=O) groups is 1. The molecule has 0 radical (unpaired) electrons. The normalized spacial score (nSPS) is 18.6. The molecular weight excluding hydrogens is 218 g/mol. The molecule has 98 valence electrons. The van der Waals surface area contributed by atoms with Crippen LogP contribution in [0.4, 0.5) is 0 Å². The standard InChI is InChI=1S/C12H23N3O2/c1-3-5-10(11(13)14-17)12(16)15(2)8-9-6-4-7-9/h9-10,17H,3-8H2,1-2H3,(H2,13,14). The van der Waals surface area contributed by atoms with Crippen molar-refractivity contribution in [3.05, 3.63) is 0 Å². The molecule has 5 nitrogen and oxygen atoms in total. The molecule has 0 aromatic rings. The van der Waals surface area contributed by atoms with Gasteiger partial charge >= 0.3 is 0 Å². The van der Waals surface area contributed by atoms with E-state index in [1.54, 1.807) is 11.9 Å². The predicted molar refractivity (Wildman–Crippen MR) is 66.8 cm³/mol. The fourth-order valence-corrected chi connectivity index (χ4v) is 2.17. The molecule has 0 spiro atoms. The maximum atomic E-state index is 12.2. The summed E-state index contributed by atoms with van der Waals surface area (Å²) in [6.45, 7) is 2.77. The number of amides is 1. The molecule has 1 rings (SSSR count). The molecule has 3 N–H and O–H groups in total. The van der Waals surface area contributed by atoms with E-state index in [1.807, 2.05) is 6.92 Å². The lowest BCUT2D eigenvalue weighted by Crippen LogP contribution is -2.42. The zero-order chi connectivity index (χ0) is 12.8. The largest absolute Gasteiger partial charge is 0.409 e. The van der Waals surface area contributed by atoms with Gasteiger partial charge in [-0.25, -0.2) is 0 Å². The average Bonchev–Trinajstić information content (AvgIpc) is 2.28. The van der Waals surface area contributed by atoms with Gasteiger partial charge in [0.05, 0.1) is 5.92 Å². The zero-order valence-corrected chi connectivity index (χ0v) is 10.7. The first-order chi connectivity index (χ1) is 8.10. The fourth-order valence-electron chi connectivity index (χ4n) is 2.17. The van der Waals surface area contributed by atoms with Gasteiger partial charge in [0.1, 0.15) is 0 Å². The SMILES string of the molecule is CCCC(C(=O)N(C)CC1CCC1)C(N)=NO. The van der Waals surface area contributed by atoms with Gasteiger partial charge < -0.3 is 15.8 Å². The molecule has 1 aliphatic carbocycles. The first kappa shape index (κ1) is 13.8. The van der Waals surface area contributed by atoms with Gasteiger partial charge in [0.25, 0.3) is 0 Å². The van der Waals surface area contributed by atoms with Crippen molar-refractivity contribution in [3.8, 4) is 0 Å². The summed E-state index contributed by atoms with van der Waals surface area (Å²) in [6, 6.07) is 0. The average molecular weight is 241 g/mol. The maximum Gasteiger partial charge on any atom is 0.233 e. The van der Waals surface area contributed by atoms with Gasteiger partial charge in [-0.15, -0.1) is 0 Å². The molecule has 0 aromatic carbocycles. The quantitative estimate of drug-likeness (QED) is 0.319. The molecular formula is C12H23N3O2. The summed E-state index contributed by atoms with van der Waals surface area (Å²) in [5, 5.41) is 11.7. The minimum atomic E-state index is -0.477. The van der Waals surface area contributed by atoms with Gasteiger partial charge in [-0.05, 0) is 25.2 Å². The van der Waals surface area contributed by atoms with Gasteiger partial charge in [0, 0.05) is 13.6 Å². The molecule has 0 heterocycles. The molecule has 1 saturated carbocycles. The second-order valence-electron chi connectivity index (χ2n) is 4.88. The maximum absolute atomic E-state index is 12.2. The van der Waals surface area contributed by atoms with Crippen LogP contribution in [-0.2, 0) is 4.79 Å². The van der Waals surface area contributed by atoms with E-state index in [0.29, 0.717) is 12.3 Å². The third kappa shape index (κ3) is 3.61. The predicted octanol–water partition coefficient (Wildman–Crippen LogP) is 1.41. The lowest BCUT2D eigenvalue weighted by molar-refractivity contribution is -0.133. The van der Waals surface area contributed by atoms with Crippen molar-refractivity contribution in [1.82, 2.24) is 4.90 Å². The molecule has 17 heavy (non-hydrogen) atoms. The van der Waals surface area contributed by atoms with E-state index in [-0.39, 0.29) is 11.7 Å². The smallest absolute Gasteiger partial charge is 0.233 e. The van der Waals surface area contributed by atoms with Crippen LogP contribution in [0.2, 0.25) is 0 Å². The van der Waals surface area contributed by atoms with Crippen LogP contribution in [0.5, 0.6) is 0 Å². The Morgan fingerprint density at radius 3 is 2.65 bits per heavy atom. The summed E-state index contributed by atoms with van der Waals surface area (Å²) >= 11 is 0. The molecule has 0 aliphatic heterocycles. The van der Waals surface area contributed by atoms with Gasteiger partial charge in [-0.3, -0.25) is 4.79 Å². The number of carbonyl (C=O) groups excluding carboxylic acids is 1. The number of rotatable bonds is 6. The highest BCUT2D eigenvalue weighted by Gasteiger charge is 2.28. The zero-order valence-electron chi connectivity index (χ0n) is 10.7. The first-order valence-corrected chi connectivity index (χ1v) is 6.32. The van der Waals surface area contributed by atoms with Crippen molar-refractivity contribution >= 4 is 11.7 Å². The monoisotopic (exact) mass is 241 g/mol. The van der Waals surface area contributed by atoms with E-state index in [9.17, 15) is 4.79 Å². The lowest BCUT2D eigenvalue weighted by Gasteiger charge is -2.31. The number of nitrogens with two attached hydrogens (primary N) is 1. The van der Waals surface area contributed by atoms with Crippen LogP contribution in [0, 0.1) is 11.8 Å². The topological polar surface area (TPSA) is 78.9 Å². The summed E-state index contributed by atoms with van der Waals surface area (Å²) in [5.74, 6) is 0.153. The van der Waals surface area contributed by atoms with Crippen molar-refractivity contribution < 1.29 is 10.0 Å². The van der Waals surface area contributed by atoms with Gasteiger partial charge in [0.15, 0.2) is 5.84 Å². The van der Waals surface area contributed by atoms with Crippen LogP contribution in [-0.4, -0.2) is 35.4 Å². The third-order valence-electron chi connectivity index (χ3n) is 3.48. The Bertz CT molecular complexity index is 287. The Morgan fingerprint density at radius 1 is 1.59 bits per heavy atom. The number of oxime groups is 1. The van der Waals surface area contributed by atoms with Crippen molar-refractivity contribution in [3.63, 3.8) is 0 Å².